The number of fused-ring (bicyclic) bond motifs is 1. The fraction of sp³-hybridized carbons (Fsp3) is 0.136. The number of pyridine rings is 1. The molecule has 0 aliphatic carbocycles. The van der Waals surface area contributed by atoms with Crippen LogP contribution < -0.4 is 5.32 Å². The van der Waals surface area contributed by atoms with Crippen LogP contribution in [0, 0.1) is 6.92 Å². The Morgan fingerprint density at radius 3 is 2.54 bits per heavy atom. The fourth-order valence-electron chi connectivity index (χ4n) is 3.20. The molecule has 0 radical (unpaired) electrons. The average molecular weight is 343 g/mol. The van der Waals surface area contributed by atoms with Gasteiger partial charge in [-0.2, -0.15) is 0 Å². The molecule has 0 amide bonds. The number of nitrogens with one attached hydrogen (secondary N) is 1. The number of aryl methyl sites for hydroxylation is 1. The van der Waals surface area contributed by atoms with Crippen molar-refractivity contribution in [3.8, 4) is 17.0 Å². The summed E-state index contributed by atoms with van der Waals surface area (Å²) in [5.74, 6) is 1.14. The van der Waals surface area contributed by atoms with E-state index in [0.717, 1.165) is 41.3 Å². The van der Waals surface area contributed by atoms with Gasteiger partial charge in [-0.1, -0.05) is 48.5 Å². The predicted molar refractivity (Wildman–Crippen MR) is 106 cm³/mol. The Balaban J connectivity index is 1.73. The van der Waals surface area contributed by atoms with Crippen molar-refractivity contribution in [3.63, 3.8) is 0 Å². The first kappa shape index (κ1) is 16.2. The average Bonchev–Trinajstić information content (AvgIpc) is 3.03. The van der Waals surface area contributed by atoms with Gasteiger partial charge in [-0.3, -0.25) is 4.40 Å². The standard InChI is InChI=1S/C22H21N3O/c1-16-8-7-15-25-21(16)24-20(18-11-5-6-12-19(18)26)22(25)23-14-13-17-9-3-2-4-10-17/h2-12,15,23,26H,13-14H2,1H3. The molecule has 0 fully saturated rings. The lowest BCUT2D eigenvalue weighted by Crippen LogP contribution is -2.08. The van der Waals surface area contributed by atoms with Crippen molar-refractivity contribution >= 4 is 11.5 Å². The minimum Gasteiger partial charge on any atom is -0.507 e. The van der Waals surface area contributed by atoms with E-state index in [2.05, 4.69) is 34.0 Å². The Morgan fingerprint density at radius 2 is 1.73 bits per heavy atom. The molecular formula is C22H21N3O. The van der Waals surface area contributed by atoms with Gasteiger partial charge in [0.25, 0.3) is 0 Å². The lowest BCUT2D eigenvalue weighted by Gasteiger charge is -2.10. The molecule has 4 nitrogen and oxygen atoms in total. The molecule has 0 atom stereocenters. The summed E-state index contributed by atoms with van der Waals surface area (Å²) in [5.41, 5.74) is 4.78. The van der Waals surface area contributed by atoms with E-state index < -0.39 is 0 Å². The summed E-state index contributed by atoms with van der Waals surface area (Å²) in [7, 11) is 0. The van der Waals surface area contributed by atoms with E-state index in [9.17, 15) is 5.11 Å². The first-order valence-electron chi connectivity index (χ1n) is 8.78. The fourth-order valence-corrected chi connectivity index (χ4v) is 3.20. The molecule has 2 N–H and O–H groups in total. The number of imidazole rings is 1. The van der Waals surface area contributed by atoms with Gasteiger partial charge < -0.3 is 10.4 Å². The summed E-state index contributed by atoms with van der Waals surface area (Å²) in [6, 6.07) is 21.8. The van der Waals surface area contributed by atoms with Gasteiger partial charge in [-0.15, -0.1) is 0 Å². The van der Waals surface area contributed by atoms with Crippen molar-refractivity contribution in [2.75, 3.05) is 11.9 Å². The van der Waals surface area contributed by atoms with Gasteiger partial charge in [-0.05, 0) is 42.7 Å². The molecule has 26 heavy (non-hydrogen) atoms. The number of para-hydroxylation sites is 1. The monoisotopic (exact) mass is 343 g/mol. The number of nitrogens with zero attached hydrogens (tertiary/aromatic N) is 2. The molecule has 0 unspecified atom stereocenters. The highest BCUT2D eigenvalue weighted by Gasteiger charge is 2.17. The normalized spacial score (nSPS) is 11.0. The van der Waals surface area contributed by atoms with Gasteiger partial charge in [0.15, 0.2) is 0 Å². The van der Waals surface area contributed by atoms with Crippen LogP contribution in [0.5, 0.6) is 5.75 Å². The molecule has 0 aliphatic heterocycles. The van der Waals surface area contributed by atoms with Crippen molar-refractivity contribution in [3.05, 3.63) is 84.1 Å². The Labute approximate surface area is 152 Å². The van der Waals surface area contributed by atoms with Crippen molar-refractivity contribution in [2.24, 2.45) is 0 Å². The van der Waals surface area contributed by atoms with Crippen molar-refractivity contribution < 1.29 is 5.11 Å². The van der Waals surface area contributed by atoms with Crippen molar-refractivity contribution in [2.45, 2.75) is 13.3 Å². The molecule has 0 bridgehead atoms. The van der Waals surface area contributed by atoms with Crippen molar-refractivity contribution in [1.29, 1.82) is 0 Å². The summed E-state index contributed by atoms with van der Waals surface area (Å²) >= 11 is 0. The number of benzene rings is 2. The number of hydrogen-bond donors (Lipinski definition) is 2. The van der Waals surface area contributed by atoms with E-state index in [1.54, 1.807) is 6.07 Å². The van der Waals surface area contributed by atoms with E-state index in [-0.39, 0.29) is 5.75 Å². The molecule has 0 saturated heterocycles. The number of phenolic OH excluding ortho intramolecular Hbond substituents is 1. The van der Waals surface area contributed by atoms with E-state index in [0.29, 0.717) is 0 Å². The second-order valence-electron chi connectivity index (χ2n) is 6.37. The van der Waals surface area contributed by atoms with Crippen LogP contribution in [0.2, 0.25) is 0 Å². The van der Waals surface area contributed by atoms with E-state index in [1.165, 1.54) is 5.56 Å². The minimum absolute atomic E-state index is 0.236. The maximum Gasteiger partial charge on any atom is 0.142 e. The van der Waals surface area contributed by atoms with Crippen molar-refractivity contribution in [1.82, 2.24) is 9.38 Å². The third-order valence-corrected chi connectivity index (χ3v) is 4.55. The molecule has 0 aliphatic rings. The Morgan fingerprint density at radius 1 is 0.962 bits per heavy atom. The molecule has 130 valence electrons. The van der Waals surface area contributed by atoms with Crippen LogP contribution in [0.25, 0.3) is 16.9 Å². The van der Waals surface area contributed by atoms with Gasteiger partial charge >= 0.3 is 0 Å². The maximum atomic E-state index is 10.3. The van der Waals surface area contributed by atoms with Crippen LogP contribution in [0.4, 0.5) is 5.82 Å². The largest absolute Gasteiger partial charge is 0.507 e. The summed E-state index contributed by atoms with van der Waals surface area (Å²) in [6.45, 7) is 2.83. The molecule has 4 rings (SSSR count). The first-order chi connectivity index (χ1) is 12.7. The van der Waals surface area contributed by atoms with Crippen LogP contribution in [0.3, 0.4) is 0 Å². The summed E-state index contributed by atoms with van der Waals surface area (Å²) in [6.07, 6.45) is 2.92. The van der Waals surface area contributed by atoms with Crippen LogP contribution in [-0.2, 0) is 6.42 Å². The smallest absolute Gasteiger partial charge is 0.142 e. The van der Waals surface area contributed by atoms with Gasteiger partial charge in [-0.25, -0.2) is 4.98 Å². The maximum absolute atomic E-state index is 10.3. The molecule has 2 heterocycles. The van der Waals surface area contributed by atoms with E-state index in [4.69, 9.17) is 4.98 Å². The highest BCUT2D eigenvalue weighted by molar-refractivity contribution is 5.80. The molecule has 4 aromatic rings. The number of anilines is 1. The number of rotatable bonds is 5. The van der Waals surface area contributed by atoms with Gasteiger partial charge in [0.05, 0.1) is 0 Å². The third kappa shape index (κ3) is 3.02. The summed E-state index contributed by atoms with van der Waals surface area (Å²) in [4.78, 5) is 4.81. The van der Waals surface area contributed by atoms with E-state index in [1.807, 2.05) is 49.5 Å². The highest BCUT2D eigenvalue weighted by atomic mass is 16.3. The zero-order valence-electron chi connectivity index (χ0n) is 14.7. The predicted octanol–water partition coefficient (Wildman–Crippen LogP) is 4.67. The lowest BCUT2D eigenvalue weighted by molar-refractivity contribution is 0.477. The molecule has 2 aromatic heterocycles. The van der Waals surface area contributed by atoms with Crippen LogP contribution in [-0.4, -0.2) is 21.0 Å². The number of phenols is 1. The number of hydrogen-bond acceptors (Lipinski definition) is 3. The van der Waals surface area contributed by atoms with Crippen LogP contribution >= 0.6 is 0 Å². The second-order valence-corrected chi connectivity index (χ2v) is 6.37. The Hall–Kier alpha value is -3.27. The summed E-state index contributed by atoms with van der Waals surface area (Å²) < 4.78 is 2.06. The minimum atomic E-state index is 0.236. The first-order valence-corrected chi connectivity index (χ1v) is 8.78. The molecule has 4 heteroatoms. The van der Waals surface area contributed by atoms with Gasteiger partial charge in [0.1, 0.15) is 22.9 Å². The van der Waals surface area contributed by atoms with Crippen LogP contribution in [0.1, 0.15) is 11.1 Å². The number of aromatic nitrogens is 2. The molecule has 0 spiro atoms. The second kappa shape index (κ2) is 6.92. The molecule has 2 aromatic carbocycles. The Bertz CT molecular complexity index is 1040. The Kier molecular flexibility index (Phi) is 4.32. The molecular weight excluding hydrogens is 322 g/mol. The zero-order chi connectivity index (χ0) is 17.9. The highest BCUT2D eigenvalue weighted by Crippen LogP contribution is 2.34. The lowest BCUT2D eigenvalue weighted by atomic mass is 10.1. The van der Waals surface area contributed by atoms with Crippen LogP contribution in [0.15, 0.2) is 72.9 Å². The summed E-state index contributed by atoms with van der Waals surface area (Å²) in [5, 5.41) is 13.8. The van der Waals surface area contributed by atoms with Gasteiger partial charge in [0, 0.05) is 18.3 Å². The number of aromatic hydroxyl groups is 1. The third-order valence-electron chi connectivity index (χ3n) is 4.55. The SMILES string of the molecule is Cc1cccn2c(NCCc3ccccc3)c(-c3ccccc3O)nc12. The topological polar surface area (TPSA) is 49.6 Å². The zero-order valence-corrected chi connectivity index (χ0v) is 14.7. The molecule has 0 saturated carbocycles. The quantitative estimate of drug-likeness (QED) is 0.554. The van der Waals surface area contributed by atoms with Gasteiger partial charge in [0.2, 0.25) is 0 Å². The van der Waals surface area contributed by atoms with E-state index >= 15 is 0 Å².